The van der Waals surface area contributed by atoms with Crippen LogP contribution in [0.2, 0.25) is 0 Å². The van der Waals surface area contributed by atoms with Crippen molar-refractivity contribution >= 4 is 5.69 Å². The molecule has 2 N–H and O–H groups in total. The molecule has 0 atom stereocenters. The first kappa shape index (κ1) is 10.4. The molecule has 1 aliphatic heterocycles. The second kappa shape index (κ2) is 4.22. The van der Waals surface area contributed by atoms with Crippen LogP contribution in [-0.2, 0) is 19.4 Å². The summed E-state index contributed by atoms with van der Waals surface area (Å²) in [5, 5.41) is 1.85. The third kappa shape index (κ3) is 1.92. The topological polar surface area (TPSA) is 29.3 Å². The average molecular weight is 224 g/mol. The van der Waals surface area contributed by atoms with Gasteiger partial charge in [-0.25, -0.2) is 5.84 Å². The molecule has 2 aromatic rings. The number of rotatable bonds is 0. The number of benzene rings is 2. The fourth-order valence-electron chi connectivity index (χ4n) is 2.50. The number of aryl methyl sites for hydroxylation is 2. The molecule has 0 spiro atoms. The van der Waals surface area contributed by atoms with Gasteiger partial charge in [-0.3, -0.25) is 0 Å². The lowest BCUT2D eigenvalue weighted by molar-refractivity contribution is 0.797. The third-order valence-electron chi connectivity index (χ3n) is 3.42. The molecular weight excluding hydrogens is 208 g/mol. The fraction of sp³-hybridized carbons (Fsp3) is 0.200. The molecule has 0 aliphatic carbocycles. The van der Waals surface area contributed by atoms with Crippen molar-refractivity contribution in [3.05, 3.63) is 65.2 Å². The van der Waals surface area contributed by atoms with Gasteiger partial charge in [-0.1, -0.05) is 42.5 Å². The van der Waals surface area contributed by atoms with Gasteiger partial charge in [0.15, 0.2) is 0 Å². The molecule has 0 aromatic heterocycles. The summed E-state index contributed by atoms with van der Waals surface area (Å²) in [6, 6.07) is 17.0. The molecule has 0 fully saturated rings. The maximum absolute atomic E-state index is 6.16. The van der Waals surface area contributed by atoms with Crippen molar-refractivity contribution in [2.45, 2.75) is 19.4 Å². The Balaban J connectivity index is 2.03. The molecule has 0 bridgehead atoms. The maximum Gasteiger partial charge on any atom is 0.0595 e. The molecule has 0 unspecified atom stereocenters. The van der Waals surface area contributed by atoms with Gasteiger partial charge in [0.1, 0.15) is 0 Å². The van der Waals surface area contributed by atoms with E-state index in [1.54, 1.807) is 0 Å². The number of anilines is 1. The Bertz CT molecular complexity index is 534. The van der Waals surface area contributed by atoms with Gasteiger partial charge in [-0.15, -0.1) is 0 Å². The first-order valence-electron chi connectivity index (χ1n) is 6.01. The Morgan fingerprint density at radius 2 is 1.35 bits per heavy atom. The van der Waals surface area contributed by atoms with Gasteiger partial charge in [-0.2, -0.15) is 0 Å². The van der Waals surface area contributed by atoms with Crippen molar-refractivity contribution in [3.63, 3.8) is 0 Å². The zero-order valence-corrected chi connectivity index (χ0v) is 9.76. The predicted molar refractivity (Wildman–Crippen MR) is 70.7 cm³/mol. The van der Waals surface area contributed by atoms with Crippen molar-refractivity contribution in [2.24, 2.45) is 5.84 Å². The lowest BCUT2D eigenvalue weighted by Crippen LogP contribution is -2.32. The highest BCUT2D eigenvalue weighted by atomic mass is 15.4. The highest BCUT2D eigenvalue weighted by Crippen LogP contribution is 2.25. The fourth-order valence-corrected chi connectivity index (χ4v) is 2.50. The Morgan fingerprint density at radius 1 is 0.765 bits per heavy atom. The maximum atomic E-state index is 6.16. The molecule has 3 rings (SSSR count). The van der Waals surface area contributed by atoms with Crippen LogP contribution in [0.15, 0.2) is 48.5 Å². The SMILES string of the molecule is NN1Cc2ccccc2CCc2ccccc21. The normalized spacial score (nSPS) is 14.5. The summed E-state index contributed by atoms with van der Waals surface area (Å²) < 4.78 is 0. The van der Waals surface area contributed by atoms with E-state index >= 15 is 0 Å². The van der Waals surface area contributed by atoms with Gasteiger partial charge in [0.25, 0.3) is 0 Å². The summed E-state index contributed by atoms with van der Waals surface area (Å²) in [5.74, 6) is 6.16. The number of hydrazine groups is 1. The second-order valence-corrected chi connectivity index (χ2v) is 4.53. The number of hydrogen-bond acceptors (Lipinski definition) is 2. The van der Waals surface area contributed by atoms with E-state index in [2.05, 4.69) is 42.5 Å². The largest absolute Gasteiger partial charge is 0.306 e. The summed E-state index contributed by atoms with van der Waals surface area (Å²) in [4.78, 5) is 0. The Labute approximate surface area is 102 Å². The van der Waals surface area contributed by atoms with Crippen molar-refractivity contribution in [1.82, 2.24) is 0 Å². The summed E-state index contributed by atoms with van der Waals surface area (Å²) in [5.41, 5.74) is 5.24. The monoisotopic (exact) mass is 224 g/mol. The van der Waals surface area contributed by atoms with Gasteiger partial charge in [0.05, 0.1) is 12.2 Å². The molecule has 0 amide bonds. The van der Waals surface area contributed by atoms with Crippen molar-refractivity contribution < 1.29 is 0 Å². The average Bonchev–Trinajstić information content (AvgIpc) is 2.36. The van der Waals surface area contributed by atoms with Gasteiger partial charge in [-0.05, 0) is 35.6 Å². The minimum atomic E-state index is 0.785. The van der Waals surface area contributed by atoms with E-state index in [0.717, 1.165) is 25.1 Å². The first-order chi connectivity index (χ1) is 8.34. The number of hydrogen-bond donors (Lipinski definition) is 1. The molecule has 0 saturated heterocycles. The predicted octanol–water partition coefficient (Wildman–Crippen LogP) is 2.67. The van der Waals surface area contributed by atoms with Crippen molar-refractivity contribution in [3.8, 4) is 0 Å². The van der Waals surface area contributed by atoms with E-state index in [4.69, 9.17) is 5.84 Å². The van der Waals surface area contributed by atoms with E-state index in [1.165, 1.54) is 16.7 Å². The van der Waals surface area contributed by atoms with Crippen LogP contribution < -0.4 is 10.9 Å². The molecule has 86 valence electrons. The van der Waals surface area contributed by atoms with Gasteiger partial charge >= 0.3 is 0 Å². The molecule has 2 aromatic carbocycles. The number of nitrogens with zero attached hydrogens (tertiary/aromatic N) is 1. The molecule has 0 radical (unpaired) electrons. The van der Waals surface area contributed by atoms with Crippen LogP contribution in [0.4, 0.5) is 5.69 Å². The van der Waals surface area contributed by atoms with Crippen LogP contribution in [0.1, 0.15) is 16.7 Å². The zero-order chi connectivity index (χ0) is 11.7. The van der Waals surface area contributed by atoms with Crippen LogP contribution in [-0.4, -0.2) is 0 Å². The molecule has 1 heterocycles. The summed E-state index contributed by atoms with van der Waals surface area (Å²) in [6.07, 6.45) is 2.15. The molecule has 1 aliphatic rings. The summed E-state index contributed by atoms with van der Waals surface area (Å²) in [7, 11) is 0. The summed E-state index contributed by atoms with van der Waals surface area (Å²) >= 11 is 0. The molecule has 0 saturated carbocycles. The minimum Gasteiger partial charge on any atom is -0.306 e. The second-order valence-electron chi connectivity index (χ2n) is 4.53. The number of nitrogens with two attached hydrogens (primary N) is 1. The molecule has 2 heteroatoms. The minimum absolute atomic E-state index is 0.785. The molecular formula is C15H16N2. The van der Waals surface area contributed by atoms with Crippen LogP contribution >= 0.6 is 0 Å². The highest BCUT2D eigenvalue weighted by molar-refractivity contribution is 5.54. The van der Waals surface area contributed by atoms with E-state index < -0.39 is 0 Å². The highest BCUT2D eigenvalue weighted by Gasteiger charge is 2.14. The standard InChI is InChI=1S/C15H16N2/c16-17-11-14-7-2-1-5-12(14)9-10-13-6-3-4-8-15(13)17/h1-8H,9-11,16H2. The Kier molecular flexibility index (Phi) is 2.57. The van der Waals surface area contributed by atoms with E-state index in [0.29, 0.717) is 0 Å². The van der Waals surface area contributed by atoms with Crippen molar-refractivity contribution in [2.75, 3.05) is 5.01 Å². The van der Waals surface area contributed by atoms with Gasteiger partial charge in [0.2, 0.25) is 0 Å². The van der Waals surface area contributed by atoms with Crippen molar-refractivity contribution in [1.29, 1.82) is 0 Å². The first-order valence-corrected chi connectivity index (χ1v) is 6.01. The van der Waals surface area contributed by atoms with Gasteiger partial charge in [0, 0.05) is 0 Å². The Morgan fingerprint density at radius 3 is 2.18 bits per heavy atom. The van der Waals surface area contributed by atoms with E-state index in [-0.39, 0.29) is 0 Å². The lowest BCUT2D eigenvalue weighted by atomic mass is 9.96. The van der Waals surface area contributed by atoms with E-state index in [9.17, 15) is 0 Å². The van der Waals surface area contributed by atoms with E-state index in [1.807, 2.05) is 11.1 Å². The zero-order valence-electron chi connectivity index (χ0n) is 9.76. The van der Waals surface area contributed by atoms with Gasteiger partial charge < -0.3 is 5.01 Å². The van der Waals surface area contributed by atoms with Crippen LogP contribution in [0.3, 0.4) is 0 Å². The number of para-hydroxylation sites is 1. The lowest BCUT2D eigenvalue weighted by Gasteiger charge is -2.26. The van der Waals surface area contributed by atoms with Crippen LogP contribution in [0, 0.1) is 0 Å². The molecule has 17 heavy (non-hydrogen) atoms. The quantitative estimate of drug-likeness (QED) is 0.697. The number of fused-ring (bicyclic) bond motifs is 2. The summed E-state index contributed by atoms with van der Waals surface area (Å²) in [6.45, 7) is 0.785. The Hall–Kier alpha value is -1.80. The van der Waals surface area contributed by atoms with Crippen LogP contribution in [0.25, 0.3) is 0 Å². The van der Waals surface area contributed by atoms with Crippen LogP contribution in [0.5, 0.6) is 0 Å². The third-order valence-corrected chi connectivity index (χ3v) is 3.42. The smallest absolute Gasteiger partial charge is 0.0595 e. The molecule has 2 nitrogen and oxygen atoms in total.